The van der Waals surface area contributed by atoms with Gasteiger partial charge in [0.2, 0.25) is 0 Å². The molecular formula is C17H16F3NO2. The zero-order valence-electron chi connectivity index (χ0n) is 12.7. The Bertz CT molecular complexity index is 709. The summed E-state index contributed by atoms with van der Waals surface area (Å²) in [4.78, 5) is 13.6. The first-order chi connectivity index (χ1) is 10.7. The van der Waals surface area contributed by atoms with Crippen LogP contribution in [0.5, 0.6) is 5.75 Å². The van der Waals surface area contributed by atoms with Gasteiger partial charge in [0.05, 0.1) is 11.1 Å². The number of phenolic OH excluding ortho intramolecular Hbond substituents is 1. The molecule has 0 aliphatic rings. The highest BCUT2D eigenvalue weighted by Gasteiger charge is 2.30. The van der Waals surface area contributed by atoms with Gasteiger partial charge >= 0.3 is 6.18 Å². The van der Waals surface area contributed by atoms with Crippen molar-refractivity contribution in [3.63, 3.8) is 0 Å². The molecule has 6 heteroatoms. The van der Waals surface area contributed by atoms with E-state index in [1.165, 1.54) is 36.2 Å². The van der Waals surface area contributed by atoms with Gasteiger partial charge in [-0.15, -0.1) is 0 Å². The average Bonchev–Trinajstić information content (AvgIpc) is 2.46. The molecule has 0 aliphatic carbocycles. The highest BCUT2D eigenvalue weighted by atomic mass is 19.4. The maximum absolute atomic E-state index is 12.5. The first kappa shape index (κ1) is 16.9. The van der Waals surface area contributed by atoms with Gasteiger partial charge in [0.15, 0.2) is 0 Å². The van der Waals surface area contributed by atoms with Crippen LogP contribution in [0.2, 0.25) is 0 Å². The SMILES string of the molecule is Cc1ccc(C(=O)N(C)Cc2ccc(C(F)(F)F)cc2)c(O)c1. The number of carbonyl (C=O) groups is 1. The molecule has 0 spiro atoms. The van der Waals surface area contributed by atoms with E-state index < -0.39 is 17.6 Å². The number of rotatable bonds is 3. The summed E-state index contributed by atoms with van der Waals surface area (Å²) in [5, 5.41) is 9.83. The van der Waals surface area contributed by atoms with Crippen molar-refractivity contribution >= 4 is 5.91 Å². The van der Waals surface area contributed by atoms with Crippen LogP contribution in [0.25, 0.3) is 0 Å². The maximum Gasteiger partial charge on any atom is 0.416 e. The van der Waals surface area contributed by atoms with Crippen molar-refractivity contribution in [2.75, 3.05) is 7.05 Å². The molecule has 0 aliphatic heterocycles. The Hall–Kier alpha value is -2.50. The van der Waals surface area contributed by atoms with Gasteiger partial charge in [-0.2, -0.15) is 13.2 Å². The molecule has 2 rings (SSSR count). The number of alkyl halides is 3. The van der Waals surface area contributed by atoms with Crippen LogP contribution < -0.4 is 0 Å². The lowest BCUT2D eigenvalue weighted by atomic mass is 10.1. The van der Waals surface area contributed by atoms with Crippen molar-refractivity contribution in [3.8, 4) is 5.75 Å². The van der Waals surface area contributed by atoms with Gasteiger partial charge < -0.3 is 10.0 Å². The van der Waals surface area contributed by atoms with E-state index in [4.69, 9.17) is 0 Å². The van der Waals surface area contributed by atoms with E-state index in [2.05, 4.69) is 0 Å². The Morgan fingerprint density at radius 1 is 1.13 bits per heavy atom. The normalized spacial score (nSPS) is 11.3. The highest BCUT2D eigenvalue weighted by Crippen LogP contribution is 2.29. The van der Waals surface area contributed by atoms with Gasteiger partial charge in [0.1, 0.15) is 5.75 Å². The van der Waals surface area contributed by atoms with Gasteiger partial charge in [0, 0.05) is 13.6 Å². The fraction of sp³-hybridized carbons (Fsp3) is 0.235. The molecule has 122 valence electrons. The second-order valence-corrected chi connectivity index (χ2v) is 5.38. The standard InChI is InChI=1S/C17H16F3NO2/c1-11-3-8-14(15(22)9-11)16(23)21(2)10-12-4-6-13(7-5-12)17(18,19)20/h3-9,22H,10H2,1-2H3. The van der Waals surface area contributed by atoms with Gasteiger partial charge in [-0.05, 0) is 42.3 Å². The Balaban J connectivity index is 2.12. The van der Waals surface area contributed by atoms with Crippen LogP contribution in [0.3, 0.4) is 0 Å². The maximum atomic E-state index is 12.5. The third-order valence-electron chi connectivity index (χ3n) is 3.43. The minimum atomic E-state index is -4.38. The lowest BCUT2D eigenvalue weighted by molar-refractivity contribution is -0.137. The molecule has 0 heterocycles. The van der Waals surface area contributed by atoms with Gasteiger partial charge in [-0.3, -0.25) is 4.79 Å². The van der Waals surface area contributed by atoms with Crippen molar-refractivity contribution in [1.82, 2.24) is 4.90 Å². The lowest BCUT2D eigenvalue weighted by Gasteiger charge is -2.18. The number of nitrogens with zero attached hydrogens (tertiary/aromatic N) is 1. The summed E-state index contributed by atoms with van der Waals surface area (Å²) >= 11 is 0. The van der Waals surface area contributed by atoms with Crippen molar-refractivity contribution in [2.45, 2.75) is 19.6 Å². The van der Waals surface area contributed by atoms with Gasteiger partial charge in [0.25, 0.3) is 5.91 Å². The van der Waals surface area contributed by atoms with Crippen LogP contribution >= 0.6 is 0 Å². The molecule has 3 nitrogen and oxygen atoms in total. The monoisotopic (exact) mass is 323 g/mol. The zero-order valence-corrected chi connectivity index (χ0v) is 12.7. The summed E-state index contributed by atoms with van der Waals surface area (Å²) in [6.45, 7) is 1.93. The van der Waals surface area contributed by atoms with Gasteiger partial charge in [-0.1, -0.05) is 18.2 Å². The molecule has 1 amide bonds. The van der Waals surface area contributed by atoms with Crippen molar-refractivity contribution in [3.05, 3.63) is 64.7 Å². The molecule has 0 atom stereocenters. The lowest BCUT2D eigenvalue weighted by Crippen LogP contribution is -2.26. The first-order valence-corrected chi connectivity index (χ1v) is 6.89. The minimum absolute atomic E-state index is 0.116. The minimum Gasteiger partial charge on any atom is -0.507 e. The van der Waals surface area contributed by atoms with E-state index in [-0.39, 0.29) is 17.9 Å². The van der Waals surface area contributed by atoms with E-state index in [1.54, 1.807) is 13.0 Å². The Morgan fingerprint density at radius 2 is 1.74 bits per heavy atom. The summed E-state index contributed by atoms with van der Waals surface area (Å²) in [5.41, 5.74) is 0.821. The van der Waals surface area contributed by atoms with E-state index in [9.17, 15) is 23.1 Å². The molecule has 0 radical (unpaired) electrons. The summed E-state index contributed by atoms with van der Waals surface area (Å²) in [5.74, 6) is -0.517. The second-order valence-electron chi connectivity index (χ2n) is 5.38. The fourth-order valence-corrected chi connectivity index (χ4v) is 2.17. The number of aromatic hydroxyl groups is 1. The van der Waals surface area contributed by atoms with Crippen molar-refractivity contribution in [2.24, 2.45) is 0 Å². The number of hydrogen-bond acceptors (Lipinski definition) is 2. The fourth-order valence-electron chi connectivity index (χ4n) is 2.17. The summed E-state index contributed by atoms with van der Waals surface area (Å²) in [7, 11) is 1.53. The number of halogens is 3. The van der Waals surface area contributed by atoms with Crippen LogP contribution in [0, 0.1) is 6.92 Å². The Morgan fingerprint density at radius 3 is 2.26 bits per heavy atom. The highest BCUT2D eigenvalue weighted by molar-refractivity contribution is 5.96. The topological polar surface area (TPSA) is 40.5 Å². The average molecular weight is 323 g/mol. The van der Waals surface area contributed by atoms with Crippen LogP contribution in [0.4, 0.5) is 13.2 Å². The van der Waals surface area contributed by atoms with E-state index in [1.807, 2.05) is 0 Å². The predicted octanol–water partition coefficient (Wildman–Crippen LogP) is 3.99. The smallest absolute Gasteiger partial charge is 0.416 e. The van der Waals surface area contributed by atoms with Gasteiger partial charge in [-0.25, -0.2) is 0 Å². The molecule has 23 heavy (non-hydrogen) atoms. The van der Waals surface area contributed by atoms with E-state index in [0.717, 1.165) is 17.7 Å². The largest absolute Gasteiger partial charge is 0.507 e. The van der Waals surface area contributed by atoms with E-state index >= 15 is 0 Å². The summed E-state index contributed by atoms with van der Waals surface area (Å²) in [6, 6.07) is 9.35. The molecule has 2 aromatic rings. The van der Waals surface area contributed by atoms with Crippen molar-refractivity contribution in [1.29, 1.82) is 0 Å². The number of amides is 1. The van der Waals surface area contributed by atoms with Crippen LogP contribution in [-0.2, 0) is 12.7 Å². The summed E-state index contributed by atoms with van der Waals surface area (Å²) in [6.07, 6.45) is -4.38. The molecule has 0 bridgehead atoms. The molecule has 0 unspecified atom stereocenters. The Labute approximate surface area is 132 Å². The molecule has 2 aromatic carbocycles. The first-order valence-electron chi connectivity index (χ1n) is 6.89. The molecule has 0 saturated carbocycles. The summed E-state index contributed by atoms with van der Waals surface area (Å²) < 4.78 is 37.5. The third-order valence-corrected chi connectivity index (χ3v) is 3.43. The molecule has 1 N–H and O–H groups in total. The van der Waals surface area contributed by atoms with Crippen LogP contribution in [0.15, 0.2) is 42.5 Å². The molecule has 0 fully saturated rings. The third kappa shape index (κ3) is 4.03. The van der Waals surface area contributed by atoms with Crippen LogP contribution in [-0.4, -0.2) is 23.0 Å². The molecule has 0 saturated heterocycles. The number of carbonyl (C=O) groups excluding carboxylic acids is 1. The quantitative estimate of drug-likeness (QED) is 0.928. The molecular weight excluding hydrogens is 307 g/mol. The second kappa shape index (κ2) is 6.32. The van der Waals surface area contributed by atoms with Crippen LogP contribution in [0.1, 0.15) is 27.0 Å². The molecule has 0 aromatic heterocycles. The Kier molecular flexibility index (Phi) is 4.63. The number of aryl methyl sites for hydroxylation is 1. The van der Waals surface area contributed by atoms with E-state index in [0.29, 0.717) is 5.56 Å². The number of benzene rings is 2. The zero-order chi connectivity index (χ0) is 17.2. The predicted molar refractivity (Wildman–Crippen MR) is 80.1 cm³/mol. The number of phenols is 1. The van der Waals surface area contributed by atoms with Crippen molar-refractivity contribution < 1.29 is 23.1 Å². The number of hydrogen-bond donors (Lipinski definition) is 1.